The van der Waals surface area contributed by atoms with Gasteiger partial charge in [0.15, 0.2) is 0 Å². The molecule has 0 aromatic rings. The first-order valence-corrected chi connectivity index (χ1v) is 8.45. The van der Waals surface area contributed by atoms with E-state index in [9.17, 15) is 0 Å². The SMILES string of the molecule is CNCC1(CN2CCSCC2)CCCCCC1. The molecule has 0 aromatic heterocycles. The summed E-state index contributed by atoms with van der Waals surface area (Å²) in [6.45, 7) is 5.19. The Labute approximate surface area is 111 Å². The summed E-state index contributed by atoms with van der Waals surface area (Å²) >= 11 is 2.12. The Balaban J connectivity index is 1.93. The number of nitrogens with zero attached hydrogens (tertiary/aromatic N) is 1. The van der Waals surface area contributed by atoms with Crippen molar-refractivity contribution in [3.05, 3.63) is 0 Å². The second-order valence-corrected chi connectivity index (χ2v) is 7.06. The lowest BCUT2D eigenvalue weighted by atomic mass is 9.79. The Morgan fingerprint density at radius 3 is 2.29 bits per heavy atom. The Morgan fingerprint density at radius 2 is 1.71 bits per heavy atom. The summed E-state index contributed by atoms with van der Waals surface area (Å²) in [6.07, 6.45) is 8.70. The standard InChI is InChI=1S/C14H28N2S/c1-15-12-14(6-4-2-3-5-7-14)13-16-8-10-17-11-9-16/h15H,2-13H2,1H3. The van der Waals surface area contributed by atoms with E-state index in [1.165, 1.54) is 76.2 Å². The molecule has 0 amide bonds. The van der Waals surface area contributed by atoms with Crippen molar-refractivity contribution in [2.45, 2.75) is 38.5 Å². The molecule has 0 aromatic carbocycles. The predicted octanol–water partition coefficient (Wildman–Crippen LogP) is 2.60. The van der Waals surface area contributed by atoms with Crippen LogP contribution in [-0.2, 0) is 0 Å². The van der Waals surface area contributed by atoms with Gasteiger partial charge in [0.05, 0.1) is 0 Å². The highest BCUT2D eigenvalue weighted by Gasteiger charge is 2.32. The van der Waals surface area contributed by atoms with Gasteiger partial charge >= 0.3 is 0 Å². The molecule has 0 spiro atoms. The minimum atomic E-state index is 0.577. The van der Waals surface area contributed by atoms with Crippen LogP contribution in [0, 0.1) is 5.41 Å². The molecule has 2 rings (SSSR count). The number of hydrogen-bond donors (Lipinski definition) is 1. The highest BCUT2D eigenvalue weighted by Crippen LogP contribution is 2.35. The van der Waals surface area contributed by atoms with E-state index in [0.29, 0.717) is 5.41 Å². The molecule has 0 atom stereocenters. The minimum Gasteiger partial charge on any atom is -0.319 e. The molecule has 1 saturated carbocycles. The molecule has 2 nitrogen and oxygen atoms in total. The molecule has 1 aliphatic heterocycles. The summed E-state index contributed by atoms with van der Waals surface area (Å²) in [6, 6.07) is 0. The second kappa shape index (κ2) is 7.01. The maximum atomic E-state index is 3.46. The molecular weight excluding hydrogens is 228 g/mol. The van der Waals surface area contributed by atoms with Gasteiger partial charge in [0, 0.05) is 37.7 Å². The van der Waals surface area contributed by atoms with Crippen LogP contribution in [0.2, 0.25) is 0 Å². The van der Waals surface area contributed by atoms with E-state index in [2.05, 4.69) is 29.0 Å². The van der Waals surface area contributed by atoms with E-state index in [1.54, 1.807) is 0 Å². The number of rotatable bonds is 4. The molecule has 0 radical (unpaired) electrons. The van der Waals surface area contributed by atoms with Crippen LogP contribution in [0.4, 0.5) is 0 Å². The Bertz CT molecular complexity index is 206. The Hall–Kier alpha value is 0.270. The van der Waals surface area contributed by atoms with Crippen molar-refractivity contribution in [2.24, 2.45) is 5.41 Å². The van der Waals surface area contributed by atoms with Crippen LogP contribution < -0.4 is 5.32 Å². The molecule has 1 heterocycles. The fourth-order valence-corrected chi connectivity index (χ4v) is 4.46. The van der Waals surface area contributed by atoms with E-state index in [4.69, 9.17) is 0 Å². The largest absolute Gasteiger partial charge is 0.319 e. The smallest absolute Gasteiger partial charge is 0.00729 e. The van der Waals surface area contributed by atoms with Gasteiger partial charge in [0.25, 0.3) is 0 Å². The average molecular weight is 256 g/mol. The summed E-state index contributed by atoms with van der Waals surface area (Å²) in [7, 11) is 2.12. The molecular formula is C14H28N2S. The van der Waals surface area contributed by atoms with Gasteiger partial charge in [-0.3, -0.25) is 0 Å². The predicted molar refractivity (Wildman–Crippen MR) is 77.8 cm³/mol. The van der Waals surface area contributed by atoms with Crippen LogP contribution in [0.5, 0.6) is 0 Å². The third kappa shape index (κ3) is 4.15. The highest BCUT2D eigenvalue weighted by atomic mass is 32.2. The second-order valence-electron chi connectivity index (χ2n) is 5.83. The Morgan fingerprint density at radius 1 is 1.06 bits per heavy atom. The lowest BCUT2D eigenvalue weighted by molar-refractivity contribution is 0.137. The van der Waals surface area contributed by atoms with Crippen molar-refractivity contribution in [1.29, 1.82) is 0 Å². The molecule has 1 aliphatic carbocycles. The van der Waals surface area contributed by atoms with Crippen LogP contribution in [-0.4, -0.2) is 49.6 Å². The van der Waals surface area contributed by atoms with Crippen LogP contribution >= 0.6 is 11.8 Å². The first-order valence-electron chi connectivity index (χ1n) is 7.29. The normalized spacial score (nSPS) is 26.6. The summed E-state index contributed by atoms with van der Waals surface area (Å²) in [5.74, 6) is 2.69. The molecule has 100 valence electrons. The third-order valence-corrected chi connectivity index (χ3v) is 5.32. The summed E-state index contributed by atoms with van der Waals surface area (Å²) in [4.78, 5) is 2.72. The van der Waals surface area contributed by atoms with Crippen LogP contribution in [0.1, 0.15) is 38.5 Å². The van der Waals surface area contributed by atoms with Gasteiger partial charge in [-0.1, -0.05) is 25.7 Å². The van der Waals surface area contributed by atoms with Gasteiger partial charge in [-0.15, -0.1) is 0 Å². The van der Waals surface area contributed by atoms with Crippen molar-refractivity contribution in [1.82, 2.24) is 10.2 Å². The average Bonchev–Trinajstić information content (AvgIpc) is 2.57. The molecule has 17 heavy (non-hydrogen) atoms. The topological polar surface area (TPSA) is 15.3 Å². The van der Waals surface area contributed by atoms with Crippen molar-refractivity contribution in [2.75, 3.05) is 44.7 Å². The molecule has 2 fully saturated rings. The van der Waals surface area contributed by atoms with Crippen molar-refractivity contribution >= 4 is 11.8 Å². The Kier molecular flexibility index (Phi) is 5.64. The van der Waals surface area contributed by atoms with Crippen LogP contribution in [0.25, 0.3) is 0 Å². The van der Waals surface area contributed by atoms with E-state index >= 15 is 0 Å². The molecule has 3 heteroatoms. The maximum Gasteiger partial charge on any atom is 0.00729 e. The lowest BCUT2D eigenvalue weighted by Crippen LogP contribution is -2.46. The number of hydrogen-bond acceptors (Lipinski definition) is 3. The van der Waals surface area contributed by atoms with Gasteiger partial charge in [-0.25, -0.2) is 0 Å². The zero-order chi connectivity index (χ0) is 12.0. The van der Waals surface area contributed by atoms with E-state index in [1.807, 2.05) is 0 Å². The van der Waals surface area contributed by atoms with Crippen molar-refractivity contribution in [3.8, 4) is 0 Å². The first-order chi connectivity index (χ1) is 8.35. The lowest BCUT2D eigenvalue weighted by Gasteiger charge is -2.39. The van der Waals surface area contributed by atoms with Crippen LogP contribution in [0.3, 0.4) is 0 Å². The fourth-order valence-electron chi connectivity index (χ4n) is 3.48. The van der Waals surface area contributed by atoms with Crippen molar-refractivity contribution < 1.29 is 0 Å². The minimum absolute atomic E-state index is 0.577. The van der Waals surface area contributed by atoms with E-state index in [-0.39, 0.29) is 0 Å². The number of thioether (sulfide) groups is 1. The molecule has 0 bridgehead atoms. The summed E-state index contributed by atoms with van der Waals surface area (Å²) < 4.78 is 0. The quantitative estimate of drug-likeness (QED) is 0.778. The van der Waals surface area contributed by atoms with E-state index < -0.39 is 0 Å². The van der Waals surface area contributed by atoms with Gasteiger partial charge in [0.2, 0.25) is 0 Å². The molecule has 0 unspecified atom stereocenters. The fraction of sp³-hybridized carbons (Fsp3) is 1.00. The zero-order valence-electron chi connectivity index (χ0n) is 11.3. The first kappa shape index (κ1) is 13.7. The maximum absolute atomic E-state index is 3.46. The zero-order valence-corrected chi connectivity index (χ0v) is 12.2. The number of nitrogens with one attached hydrogen (secondary N) is 1. The van der Waals surface area contributed by atoms with Gasteiger partial charge in [-0.2, -0.15) is 11.8 Å². The molecule has 1 N–H and O–H groups in total. The third-order valence-electron chi connectivity index (χ3n) is 4.38. The molecule has 1 saturated heterocycles. The monoisotopic (exact) mass is 256 g/mol. The van der Waals surface area contributed by atoms with Gasteiger partial charge in [-0.05, 0) is 25.3 Å². The van der Waals surface area contributed by atoms with Crippen LogP contribution in [0.15, 0.2) is 0 Å². The highest BCUT2D eigenvalue weighted by molar-refractivity contribution is 7.99. The summed E-state index contributed by atoms with van der Waals surface area (Å²) in [5.41, 5.74) is 0.577. The van der Waals surface area contributed by atoms with Gasteiger partial charge < -0.3 is 10.2 Å². The summed E-state index contributed by atoms with van der Waals surface area (Å²) in [5, 5.41) is 3.46. The van der Waals surface area contributed by atoms with Gasteiger partial charge in [0.1, 0.15) is 0 Å². The van der Waals surface area contributed by atoms with Crippen molar-refractivity contribution in [3.63, 3.8) is 0 Å². The van der Waals surface area contributed by atoms with E-state index in [0.717, 1.165) is 0 Å². The molecule has 2 aliphatic rings.